The van der Waals surface area contributed by atoms with Gasteiger partial charge in [-0.1, -0.05) is 25.1 Å². The standard InChI is InChI=1S/C26H28N2O6/c1-3-33-22-10-5-4-9-21(22)27-23(29)15-34-26(32)17-7-6-8-18(14-17)28-24(30)19-12-11-16(2)13-20(19)25(28)31/h4-10,14,16,19-20H,3,11-13,15H2,1-2H3,(H,27,29)/t16-,19+,20-/m0/s1. The number of ether oxygens (including phenoxy) is 2. The molecule has 2 fully saturated rings. The maximum atomic E-state index is 13.0. The number of nitrogens with zero attached hydrogens (tertiary/aromatic N) is 1. The van der Waals surface area contributed by atoms with E-state index in [4.69, 9.17) is 9.47 Å². The molecule has 0 aromatic heterocycles. The molecule has 1 aliphatic heterocycles. The van der Waals surface area contributed by atoms with Crippen LogP contribution < -0.4 is 15.0 Å². The number of para-hydroxylation sites is 2. The van der Waals surface area contributed by atoms with Crippen LogP contribution in [0.15, 0.2) is 48.5 Å². The largest absolute Gasteiger partial charge is 0.492 e. The van der Waals surface area contributed by atoms with E-state index in [1.165, 1.54) is 17.0 Å². The number of imide groups is 1. The third kappa shape index (κ3) is 4.81. The van der Waals surface area contributed by atoms with Crippen molar-refractivity contribution in [3.63, 3.8) is 0 Å². The molecule has 1 heterocycles. The molecule has 178 valence electrons. The zero-order valence-electron chi connectivity index (χ0n) is 19.3. The number of carbonyl (C=O) groups is 4. The summed E-state index contributed by atoms with van der Waals surface area (Å²) in [5, 5.41) is 2.66. The second kappa shape index (κ2) is 10.1. The summed E-state index contributed by atoms with van der Waals surface area (Å²) in [7, 11) is 0. The number of rotatable bonds is 7. The molecule has 0 bridgehead atoms. The number of hydrogen-bond donors (Lipinski definition) is 1. The van der Waals surface area contributed by atoms with Gasteiger partial charge in [0.15, 0.2) is 6.61 Å². The van der Waals surface area contributed by atoms with E-state index in [0.29, 0.717) is 42.5 Å². The van der Waals surface area contributed by atoms with E-state index in [-0.39, 0.29) is 29.2 Å². The van der Waals surface area contributed by atoms with Crippen molar-refractivity contribution in [2.75, 3.05) is 23.4 Å². The van der Waals surface area contributed by atoms with Gasteiger partial charge < -0.3 is 14.8 Å². The first-order valence-electron chi connectivity index (χ1n) is 11.6. The molecule has 1 N–H and O–H groups in total. The van der Waals surface area contributed by atoms with Crippen molar-refractivity contribution in [3.05, 3.63) is 54.1 Å². The predicted octanol–water partition coefficient (Wildman–Crippen LogP) is 3.81. The van der Waals surface area contributed by atoms with Crippen LogP contribution in [0.4, 0.5) is 11.4 Å². The van der Waals surface area contributed by atoms with Crippen LogP contribution in [0.2, 0.25) is 0 Å². The van der Waals surface area contributed by atoms with E-state index in [1.807, 2.05) is 6.92 Å². The van der Waals surface area contributed by atoms with Gasteiger partial charge in [-0.05, 0) is 62.4 Å². The fraction of sp³-hybridized carbons (Fsp3) is 0.385. The summed E-state index contributed by atoms with van der Waals surface area (Å²) < 4.78 is 10.6. The van der Waals surface area contributed by atoms with Crippen LogP contribution in [0.1, 0.15) is 43.5 Å². The Kier molecular flexibility index (Phi) is 6.95. The average molecular weight is 465 g/mol. The van der Waals surface area contributed by atoms with Crippen LogP contribution in [0.5, 0.6) is 5.75 Å². The Labute approximate surface area is 198 Å². The number of esters is 1. The molecule has 3 atom stereocenters. The molecule has 34 heavy (non-hydrogen) atoms. The lowest BCUT2D eigenvalue weighted by Gasteiger charge is -2.25. The first kappa shape index (κ1) is 23.5. The first-order valence-corrected chi connectivity index (χ1v) is 11.6. The molecule has 4 rings (SSSR count). The number of hydrogen-bond acceptors (Lipinski definition) is 6. The highest BCUT2D eigenvalue weighted by Gasteiger charge is 2.50. The minimum Gasteiger partial charge on any atom is -0.492 e. The van der Waals surface area contributed by atoms with Crippen molar-refractivity contribution in [1.29, 1.82) is 0 Å². The number of fused-ring (bicyclic) bond motifs is 1. The van der Waals surface area contributed by atoms with Crippen molar-refractivity contribution in [2.24, 2.45) is 17.8 Å². The third-order valence-corrected chi connectivity index (χ3v) is 6.32. The SMILES string of the molecule is CCOc1ccccc1NC(=O)COC(=O)c1cccc(N2C(=O)[C@H]3C[C@@H](C)CC[C@H]3C2=O)c1. The maximum Gasteiger partial charge on any atom is 0.338 e. The topological polar surface area (TPSA) is 102 Å². The van der Waals surface area contributed by atoms with Crippen molar-refractivity contribution in [1.82, 2.24) is 0 Å². The molecule has 1 aliphatic carbocycles. The summed E-state index contributed by atoms with van der Waals surface area (Å²) in [6, 6.07) is 13.2. The van der Waals surface area contributed by atoms with Gasteiger partial charge in [-0.25, -0.2) is 4.79 Å². The molecule has 8 nitrogen and oxygen atoms in total. The van der Waals surface area contributed by atoms with Crippen LogP contribution in [0.25, 0.3) is 0 Å². The number of carbonyl (C=O) groups excluding carboxylic acids is 4. The van der Waals surface area contributed by atoms with Crippen LogP contribution in [-0.2, 0) is 19.1 Å². The lowest BCUT2D eigenvalue weighted by Crippen LogP contribution is -2.31. The smallest absolute Gasteiger partial charge is 0.338 e. The Morgan fingerprint density at radius 3 is 2.59 bits per heavy atom. The molecular formula is C26H28N2O6. The van der Waals surface area contributed by atoms with E-state index >= 15 is 0 Å². The van der Waals surface area contributed by atoms with Gasteiger partial charge in [-0.15, -0.1) is 0 Å². The fourth-order valence-electron chi connectivity index (χ4n) is 4.67. The molecule has 2 aliphatic rings. The van der Waals surface area contributed by atoms with E-state index in [9.17, 15) is 19.2 Å². The highest BCUT2D eigenvalue weighted by Crippen LogP contribution is 2.42. The van der Waals surface area contributed by atoms with Crippen molar-refractivity contribution in [2.45, 2.75) is 33.1 Å². The van der Waals surface area contributed by atoms with Gasteiger partial charge in [-0.2, -0.15) is 0 Å². The molecule has 0 radical (unpaired) electrons. The summed E-state index contributed by atoms with van der Waals surface area (Å²) in [6.45, 7) is 3.89. The molecule has 2 aromatic rings. The Hall–Kier alpha value is -3.68. The Morgan fingerprint density at radius 2 is 1.79 bits per heavy atom. The summed E-state index contributed by atoms with van der Waals surface area (Å²) in [4.78, 5) is 52.0. The lowest BCUT2D eigenvalue weighted by atomic mass is 9.76. The Balaban J connectivity index is 1.40. The van der Waals surface area contributed by atoms with E-state index in [2.05, 4.69) is 12.2 Å². The average Bonchev–Trinajstić information content (AvgIpc) is 3.08. The first-order chi connectivity index (χ1) is 16.4. The molecule has 2 aromatic carbocycles. The van der Waals surface area contributed by atoms with Crippen LogP contribution in [-0.4, -0.2) is 36.9 Å². The Bertz CT molecular complexity index is 1110. The summed E-state index contributed by atoms with van der Waals surface area (Å²) in [5.41, 5.74) is 0.986. The number of anilines is 2. The minimum absolute atomic E-state index is 0.156. The van der Waals surface area contributed by atoms with Crippen LogP contribution in [0.3, 0.4) is 0 Å². The van der Waals surface area contributed by atoms with Gasteiger partial charge in [0, 0.05) is 0 Å². The van der Waals surface area contributed by atoms with E-state index in [1.54, 1.807) is 36.4 Å². The van der Waals surface area contributed by atoms with Crippen molar-refractivity contribution in [3.8, 4) is 5.75 Å². The highest BCUT2D eigenvalue weighted by molar-refractivity contribution is 6.22. The summed E-state index contributed by atoms with van der Waals surface area (Å²) >= 11 is 0. The van der Waals surface area contributed by atoms with Crippen molar-refractivity contribution >= 4 is 35.1 Å². The quantitative estimate of drug-likeness (QED) is 0.494. The maximum absolute atomic E-state index is 13.0. The molecule has 0 unspecified atom stereocenters. The minimum atomic E-state index is -0.722. The van der Waals surface area contributed by atoms with E-state index in [0.717, 1.165) is 6.42 Å². The van der Waals surface area contributed by atoms with Crippen molar-refractivity contribution < 1.29 is 28.7 Å². The zero-order valence-corrected chi connectivity index (χ0v) is 19.3. The van der Waals surface area contributed by atoms with Crippen LogP contribution >= 0.6 is 0 Å². The zero-order chi connectivity index (χ0) is 24.2. The molecular weight excluding hydrogens is 436 g/mol. The van der Waals surface area contributed by atoms with Gasteiger partial charge >= 0.3 is 5.97 Å². The number of benzene rings is 2. The molecule has 1 saturated carbocycles. The van der Waals surface area contributed by atoms with Gasteiger partial charge in [0.1, 0.15) is 5.75 Å². The second-order valence-electron chi connectivity index (χ2n) is 8.75. The van der Waals surface area contributed by atoms with Gasteiger partial charge in [0.25, 0.3) is 5.91 Å². The van der Waals surface area contributed by atoms with Gasteiger partial charge in [0.05, 0.1) is 35.4 Å². The van der Waals surface area contributed by atoms with Gasteiger partial charge in [0.2, 0.25) is 11.8 Å². The molecule has 3 amide bonds. The Morgan fingerprint density at radius 1 is 1.03 bits per heavy atom. The monoisotopic (exact) mass is 464 g/mol. The lowest BCUT2D eigenvalue weighted by molar-refractivity contribution is -0.122. The second-order valence-corrected chi connectivity index (χ2v) is 8.75. The van der Waals surface area contributed by atoms with Gasteiger partial charge in [-0.3, -0.25) is 19.3 Å². The molecule has 0 spiro atoms. The predicted molar refractivity (Wildman–Crippen MR) is 125 cm³/mol. The highest BCUT2D eigenvalue weighted by atomic mass is 16.5. The van der Waals surface area contributed by atoms with Crippen LogP contribution in [0, 0.1) is 17.8 Å². The number of nitrogens with one attached hydrogen (secondary N) is 1. The molecule has 1 saturated heterocycles. The summed E-state index contributed by atoms with van der Waals surface area (Å²) in [5.74, 6) is -1.31. The molecule has 8 heteroatoms. The number of amides is 3. The summed E-state index contributed by atoms with van der Waals surface area (Å²) in [6.07, 6.45) is 2.34. The van der Waals surface area contributed by atoms with E-state index < -0.39 is 18.5 Å². The normalized spacial score (nSPS) is 21.7. The third-order valence-electron chi connectivity index (χ3n) is 6.32. The fourth-order valence-corrected chi connectivity index (χ4v) is 4.67.